The Morgan fingerprint density at radius 1 is 1.34 bits per heavy atom. The van der Waals surface area contributed by atoms with Crippen molar-refractivity contribution in [2.24, 2.45) is 0 Å². The summed E-state index contributed by atoms with van der Waals surface area (Å²) in [6.45, 7) is 5.31. The Labute approximate surface area is 170 Å². The van der Waals surface area contributed by atoms with Crippen LogP contribution in [0, 0.1) is 17.0 Å². The largest absolute Gasteiger partial charge is 0.408 e. The van der Waals surface area contributed by atoms with Gasteiger partial charge in [-0.2, -0.15) is 9.78 Å². The van der Waals surface area contributed by atoms with E-state index < -0.39 is 16.6 Å². The first-order valence-corrected chi connectivity index (χ1v) is 9.31. The fourth-order valence-electron chi connectivity index (χ4n) is 2.96. The number of amides is 2. The maximum Gasteiger partial charge on any atom is 0.408 e. The molecule has 0 aromatic carbocycles. The lowest BCUT2D eigenvalue weighted by Gasteiger charge is -2.27. The molecule has 156 valence electrons. The topological polar surface area (TPSA) is 137 Å². The molecule has 2 aromatic rings. The Bertz CT molecular complexity index is 948. The minimum atomic E-state index is -0.714. The van der Waals surface area contributed by atoms with Gasteiger partial charge in [-0.25, -0.2) is 0 Å². The van der Waals surface area contributed by atoms with Gasteiger partial charge >= 0.3 is 5.82 Å². The van der Waals surface area contributed by atoms with Crippen molar-refractivity contribution < 1.29 is 19.2 Å². The van der Waals surface area contributed by atoms with Crippen molar-refractivity contribution in [3.05, 3.63) is 32.7 Å². The molecule has 1 saturated heterocycles. The van der Waals surface area contributed by atoms with E-state index in [-0.39, 0.29) is 28.9 Å². The molecule has 13 heteroatoms. The zero-order chi connectivity index (χ0) is 21.1. The maximum absolute atomic E-state index is 12.9. The molecule has 0 atom stereocenters. The predicted molar refractivity (Wildman–Crippen MR) is 102 cm³/mol. The average molecular weight is 426 g/mol. The molecule has 3 rings (SSSR count). The monoisotopic (exact) mass is 425 g/mol. The third-order valence-electron chi connectivity index (χ3n) is 4.50. The standard InChI is InChI=1S/C16H20ClN7O5/c1-3-22-14(16(26)21-4-6-29-7-5-21)11(8-18-22)19-12(25)9-23-10(2)13(17)15(20-23)24(27)28/h8H,3-7,9H2,1-2H3,(H,19,25). The van der Waals surface area contributed by atoms with E-state index in [2.05, 4.69) is 15.5 Å². The third kappa shape index (κ3) is 4.22. The molecular formula is C16H20ClN7O5. The Kier molecular flexibility index (Phi) is 6.13. The SMILES string of the molecule is CCn1ncc(NC(=O)Cn2nc([N+](=O)[O-])c(Cl)c2C)c1C(=O)N1CCOCC1. The zero-order valence-electron chi connectivity index (χ0n) is 15.9. The van der Waals surface area contributed by atoms with Crippen LogP contribution in [0.2, 0.25) is 5.02 Å². The molecule has 0 unspecified atom stereocenters. The van der Waals surface area contributed by atoms with Gasteiger partial charge in [0.25, 0.3) is 5.91 Å². The second kappa shape index (κ2) is 8.57. The molecule has 0 spiro atoms. The number of nitrogens with zero attached hydrogens (tertiary/aromatic N) is 6. The minimum Gasteiger partial charge on any atom is -0.378 e. The molecule has 12 nitrogen and oxygen atoms in total. The fourth-order valence-corrected chi connectivity index (χ4v) is 3.17. The van der Waals surface area contributed by atoms with Crippen LogP contribution < -0.4 is 5.32 Å². The van der Waals surface area contributed by atoms with E-state index in [1.54, 1.807) is 4.90 Å². The van der Waals surface area contributed by atoms with Gasteiger partial charge in [-0.3, -0.25) is 14.3 Å². The van der Waals surface area contributed by atoms with Crippen molar-refractivity contribution in [2.45, 2.75) is 26.9 Å². The number of aromatic nitrogens is 4. The van der Waals surface area contributed by atoms with Gasteiger partial charge in [0.1, 0.15) is 12.2 Å². The number of aryl methyl sites for hydroxylation is 1. The number of halogens is 1. The lowest BCUT2D eigenvalue weighted by atomic mass is 10.2. The molecule has 2 aromatic heterocycles. The molecule has 29 heavy (non-hydrogen) atoms. The number of hydrogen-bond acceptors (Lipinski definition) is 7. The summed E-state index contributed by atoms with van der Waals surface area (Å²) >= 11 is 5.90. The van der Waals surface area contributed by atoms with E-state index in [4.69, 9.17) is 16.3 Å². The highest BCUT2D eigenvalue weighted by Gasteiger charge is 2.28. The number of ether oxygens (including phenoxy) is 1. The van der Waals surface area contributed by atoms with Crippen molar-refractivity contribution >= 4 is 34.9 Å². The van der Waals surface area contributed by atoms with Crippen molar-refractivity contribution in [1.82, 2.24) is 24.5 Å². The van der Waals surface area contributed by atoms with Crippen LogP contribution in [-0.4, -0.2) is 67.5 Å². The molecule has 1 N–H and O–H groups in total. The van der Waals surface area contributed by atoms with Crippen molar-refractivity contribution in [3.8, 4) is 0 Å². The van der Waals surface area contributed by atoms with Crippen LogP contribution in [0.5, 0.6) is 0 Å². The summed E-state index contributed by atoms with van der Waals surface area (Å²) in [5.74, 6) is -1.29. The number of nitrogens with one attached hydrogen (secondary N) is 1. The summed E-state index contributed by atoms with van der Waals surface area (Å²) in [5, 5.41) is 21.4. The molecular weight excluding hydrogens is 406 g/mol. The van der Waals surface area contributed by atoms with Gasteiger partial charge in [0.15, 0.2) is 5.02 Å². The van der Waals surface area contributed by atoms with Crippen LogP contribution in [0.1, 0.15) is 23.1 Å². The third-order valence-corrected chi connectivity index (χ3v) is 4.94. The minimum absolute atomic E-state index is 0.121. The molecule has 0 bridgehead atoms. The van der Waals surface area contributed by atoms with E-state index in [0.29, 0.717) is 38.5 Å². The van der Waals surface area contributed by atoms with Gasteiger partial charge in [-0.1, -0.05) is 11.6 Å². The number of hydrogen-bond donors (Lipinski definition) is 1. The molecule has 1 aliphatic rings. The first kappa shape index (κ1) is 20.7. The molecule has 1 fully saturated rings. The lowest BCUT2D eigenvalue weighted by molar-refractivity contribution is -0.389. The smallest absolute Gasteiger partial charge is 0.378 e. The van der Waals surface area contributed by atoms with Crippen LogP contribution in [0.4, 0.5) is 11.5 Å². The predicted octanol–water partition coefficient (Wildman–Crippen LogP) is 1.08. The van der Waals surface area contributed by atoms with E-state index in [9.17, 15) is 19.7 Å². The van der Waals surface area contributed by atoms with Gasteiger partial charge in [0.2, 0.25) is 5.91 Å². The second-order valence-corrected chi connectivity index (χ2v) is 6.69. The summed E-state index contributed by atoms with van der Waals surface area (Å²) in [4.78, 5) is 37.3. The summed E-state index contributed by atoms with van der Waals surface area (Å²) in [6.07, 6.45) is 1.40. The Morgan fingerprint density at radius 3 is 2.62 bits per heavy atom. The first-order chi connectivity index (χ1) is 13.8. The molecule has 3 heterocycles. The summed E-state index contributed by atoms with van der Waals surface area (Å²) < 4.78 is 7.92. The molecule has 0 aliphatic carbocycles. The van der Waals surface area contributed by atoms with Gasteiger partial charge in [-0.15, -0.1) is 0 Å². The summed E-state index contributed by atoms with van der Waals surface area (Å²) in [6, 6.07) is 0. The van der Waals surface area contributed by atoms with Gasteiger partial charge < -0.3 is 25.1 Å². The number of rotatable bonds is 6. The summed E-state index contributed by atoms with van der Waals surface area (Å²) in [7, 11) is 0. The van der Waals surface area contributed by atoms with Gasteiger partial charge in [0.05, 0.1) is 35.9 Å². The highest BCUT2D eigenvalue weighted by atomic mass is 35.5. The van der Waals surface area contributed by atoms with Crippen LogP contribution in [-0.2, 0) is 22.6 Å². The van der Waals surface area contributed by atoms with E-state index in [0.717, 1.165) is 4.68 Å². The highest BCUT2D eigenvalue weighted by Crippen LogP contribution is 2.26. The number of carbonyl (C=O) groups excluding carboxylic acids is 2. The number of anilines is 1. The van der Waals surface area contributed by atoms with Crippen LogP contribution in [0.15, 0.2) is 6.20 Å². The maximum atomic E-state index is 12.9. The van der Waals surface area contributed by atoms with E-state index in [1.807, 2.05) is 6.92 Å². The molecule has 1 aliphatic heterocycles. The first-order valence-electron chi connectivity index (χ1n) is 8.93. The second-order valence-electron chi connectivity index (χ2n) is 6.31. The lowest BCUT2D eigenvalue weighted by Crippen LogP contribution is -2.41. The Morgan fingerprint density at radius 2 is 2.03 bits per heavy atom. The number of carbonyl (C=O) groups is 2. The van der Waals surface area contributed by atoms with Crippen LogP contribution in [0.3, 0.4) is 0 Å². The quantitative estimate of drug-likeness (QED) is 0.539. The van der Waals surface area contributed by atoms with Crippen molar-refractivity contribution in [3.63, 3.8) is 0 Å². The summed E-state index contributed by atoms with van der Waals surface area (Å²) in [5.41, 5.74) is 0.824. The van der Waals surface area contributed by atoms with Gasteiger partial charge in [-0.05, 0) is 18.8 Å². The molecule has 0 radical (unpaired) electrons. The Hall–Kier alpha value is -2.99. The molecule has 0 saturated carbocycles. The fraction of sp³-hybridized carbons (Fsp3) is 0.500. The van der Waals surface area contributed by atoms with Crippen LogP contribution >= 0.6 is 11.6 Å². The van der Waals surface area contributed by atoms with Crippen molar-refractivity contribution in [2.75, 3.05) is 31.6 Å². The normalized spacial score (nSPS) is 14.1. The zero-order valence-corrected chi connectivity index (χ0v) is 16.7. The number of nitro groups is 1. The van der Waals surface area contributed by atoms with Crippen LogP contribution in [0.25, 0.3) is 0 Å². The molecule has 2 amide bonds. The van der Waals surface area contributed by atoms with Gasteiger partial charge in [0, 0.05) is 19.6 Å². The van der Waals surface area contributed by atoms with Crippen molar-refractivity contribution in [1.29, 1.82) is 0 Å². The highest BCUT2D eigenvalue weighted by molar-refractivity contribution is 6.33. The van der Waals surface area contributed by atoms with E-state index in [1.165, 1.54) is 17.8 Å². The van der Waals surface area contributed by atoms with E-state index >= 15 is 0 Å². The number of morpholine rings is 1. The average Bonchev–Trinajstić information content (AvgIpc) is 3.23. The Balaban J connectivity index is 1.79.